The molecule has 38 heavy (non-hydrogen) atoms. The van der Waals surface area contributed by atoms with Crippen LogP contribution in [-0.2, 0) is 10.1 Å². The predicted octanol–water partition coefficient (Wildman–Crippen LogP) is 8.71. The molecule has 0 aliphatic carbocycles. The second-order valence-corrected chi connectivity index (χ2v) is 10.4. The van der Waals surface area contributed by atoms with E-state index in [9.17, 15) is 21.6 Å². The summed E-state index contributed by atoms with van der Waals surface area (Å²) >= 11 is 0. The summed E-state index contributed by atoms with van der Waals surface area (Å²) in [6, 6.07) is 36.1. The van der Waals surface area contributed by atoms with Crippen molar-refractivity contribution in [2.75, 3.05) is 0 Å². The summed E-state index contributed by atoms with van der Waals surface area (Å²) < 4.78 is 65.5. The van der Waals surface area contributed by atoms with Gasteiger partial charge in [-0.15, -0.1) is 0 Å². The molecule has 0 bridgehead atoms. The zero-order chi connectivity index (χ0) is 26.5. The molecule has 0 unspecified atom stereocenters. The van der Waals surface area contributed by atoms with Crippen molar-refractivity contribution in [1.29, 1.82) is 0 Å². The van der Waals surface area contributed by atoms with Gasteiger partial charge in [0.05, 0.1) is 0 Å². The van der Waals surface area contributed by atoms with Crippen molar-refractivity contribution in [1.82, 2.24) is 0 Å². The molecule has 0 amide bonds. The molecule has 188 valence electrons. The van der Waals surface area contributed by atoms with Gasteiger partial charge in [0.2, 0.25) is 0 Å². The SMILES string of the molecule is O=S(=O)(Oc1ccc(-c2c3ccccc3c(-c3cccc4ccccc34)c3ccccc23)cc1)C(F)(F)F. The van der Waals surface area contributed by atoms with Crippen molar-refractivity contribution in [3.63, 3.8) is 0 Å². The molecule has 0 fully saturated rings. The van der Waals surface area contributed by atoms with E-state index in [1.807, 2.05) is 54.6 Å². The Bertz CT molecular complexity index is 1880. The minimum absolute atomic E-state index is 0.410. The molecule has 0 N–H and O–H groups in total. The number of rotatable bonds is 4. The van der Waals surface area contributed by atoms with Gasteiger partial charge in [0.15, 0.2) is 0 Å². The van der Waals surface area contributed by atoms with Gasteiger partial charge in [-0.05, 0) is 66.7 Å². The number of halogens is 3. The number of benzene rings is 6. The van der Waals surface area contributed by atoms with Gasteiger partial charge in [-0.25, -0.2) is 0 Å². The summed E-state index contributed by atoms with van der Waals surface area (Å²) in [6.07, 6.45) is 0. The fourth-order valence-electron chi connectivity index (χ4n) is 5.02. The maximum absolute atomic E-state index is 12.8. The molecule has 0 radical (unpaired) electrons. The lowest BCUT2D eigenvalue weighted by Crippen LogP contribution is -2.28. The Morgan fingerprint density at radius 1 is 0.526 bits per heavy atom. The Morgan fingerprint density at radius 3 is 1.55 bits per heavy atom. The first-order chi connectivity index (χ1) is 18.2. The lowest BCUT2D eigenvalue weighted by molar-refractivity contribution is -0.0500. The van der Waals surface area contributed by atoms with E-state index in [0.29, 0.717) is 0 Å². The maximum atomic E-state index is 12.8. The molecule has 6 rings (SSSR count). The van der Waals surface area contributed by atoms with Crippen LogP contribution in [0.1, 0.15) is 0 Å². The summed E-state index contributed by atoms with van der Waals surface area (Å²) in [7, 11) is -5.75. The van der Waals surface area contributed by atoms with Gasteiger partial charge in [0.25, 0.3) is 0 Å². The lowest BCUT2D eigenvalue weighted by atomic mass is 9.85. The zero-order valence-corrected chi connectivity index (χ0v) is 20.6. The summed E-state index contributed by atoms with van der Waals surface area (Å²) in [5, 5.41) is 6.24. The van der Waals surface area contributed by atoms with Crippen LogP contribution >= 0.6 is 0 Å². The van der Waals surface area contributed by atoms with Gasteiger partial charge >= 0.3 is 15.6 Å². The number of hydrogen-bond acceptors (Lipinski definition) is 3. The third kappa shape index (κ3) is 3.96. The van der Waals surface area contributed by atoms with Gasteiger partial charge in [0.1, 0.15) is 5.75 Å². The zero-order valence-electron chi connectivity index (χ0n) is 19.7. The first kappa shape index (κ1) is 24.0. The molecule has 3 nitrogen and oxygen atoms in total. The summed E-state index contributed by atoms with van der Waals surface area (Å²) in [4.78, 5) is 0. The molecule has 0 saturated carbocycles. The van der Waals surface area contributed by atoms with Crippen molar-refractivity contribution in [3.8, 4) is 28.0 Å². The van der Waals surface area contributed by atoms with Gasteiger partial charge in [0, 0.05) is 0 Å². The quantitative estimate of drug-likeness (QED) is 0.131. The van der Waals surface area contributed by atoms with Gasteiger partial charge in [-0.1, -0.05) is 103 Å². The minimum atomic E-state index is -5.75. The van der Waals surface area contributed by atoms with Crippen LogP contribution in [0.3, 0.4) is 0 Å². The molecule has 0 atom stereocenters. The average molecular weight is 529 g/mol. The van der Waals surface area contributed by atoms with Crippen LogP contribution in [0.4, 0.5) is 13.2 Å². The molecule has 7 heteroatoms. The largest absolute Gasteiger partial charge is 0.534 e. The molecule has 0 heterocycles. The number of hydrogen-bond donors (Lipinski definition) is 0. The fraction of sp³-hybridized carbons (Fsp3) is 0.0323. The summed E-state index contributed by atoms with van der Waals surface area (Å²) in [6.45, 7) is 0. The van der Waals surface area contributed by atoms with E-state index in [1.54, 1.807) is 12.1 Å². The first-order valence-electron chi connectivity index (χ1n) is 11.8. The second-order valence-electron chi connectivity index (χ2n) is 8.88. The highest BCUT2D eigenvalue weighted by atomic mass is 32.2. The Labute approximate surface area is 216 Å². The monoisotopic (exact) mass is 528 g/mol. The standard InChI is InChI=1S/C31H19F3O3S/c32-31(33,34)38(35,36)37-22-18-16-21(17-19-22)29-25-11-3-5-13-27(25)30(28-14-6-4-12-26(28)29)24-15-7-9-20-8-1-2-10-23(20)24/h1-19H. The molecule has 0 aliphatic rings. The van der Waals surface area contributed by atoms with Gasteiger partial charge in [-0.3, -0.25) is 0 Å². The summed E-state index contributed by atoms with van der Waals surface area (Å²) in [5.74, 6) is -0.410. The van der Waals surface area contributed by atoms with E-state index in [1.165, 1.54) is 12.1 Å². The smallest absolute Gasteiger partial charge is 0.376 e. The van der Waals surface area contributed by atoms with Crippen LogP contribution in [0.5, 0.6) is 5.75 Å². The van der Waals surface area contributed by atoms with E-state index in [2.05, 4.69) is 40.6 Å². The summed E-state index contributed by atoms with van der Waals surface area (Å²) in [5.41, 5.74) is -1.70. The van der Waals surface area contributed by atoms with E-state index < -0.39 is 21.4 Å². The number of fused-ring (bicyclic) bond motifs is 3. The average Bonchev–Trinajstić information content (AvgIpc) is 2.91. The Hall–Kier alpha value is -4.36. The van der Waals surface area contributed by atoms with E-state index >= 15 is 0 Å². The van der Waals surface area contributed by atoms with Crippen molar-refractivity contribution >= 4 is 42.4 Å². The first-order valence-corrected chi connectivity index (χ1v) is 13.2. The van der Waals surface area contributed by atoms with Crippen LogP contribution < -0.4 is 4.18 Å². The van der Waals surface area contributed by atoms with E-state index in [-0.39, 0.29) is 0 Å². The van der Waals surface area contributed by atoms with Crippen LogP contribution in [-0.4, -0.2) is 13.9 Å². The highest BCUT2D eigenvalue weighted by Gasteiger charge is 2.48. The highest BCUT2D eigenvalue weighted by molar-refractivity contribution is 7.88. The topological polar surface area (TPSA) is 43.4 Å². The van der Waals surface area contributed by atoms with Crippen LogP contribution in [0.15, 0.2) is 115 Å². The van der Waals surface area contributed by atoms with Crippen LogP contribution in [0, 0.1) is 0 Å². The molecule has 6 aromatic carbocycles. The van der Waals surface area contributed by atoms with Gasteiger partial charge < -0.3 is 4.18 Å². The second kappa shape index (κ2) is 8.89. The third-order valence-electron chi connectivity index (χ3n) is 6.62. The number of alkyl halides is 3. The third-order valence-corrected chi connectivity index (χ3v) is 7.60. The Morgan fingerprint density at radius 2 is 1.00 bits per heavy atom. The molecular weight excluding hydrogens is 509 g/mol. The lowest BCUT2D eigenvalue weighted by Gasteiger charge is -2.19. The molecular formula is C31H19F3O3S. The molecule has 0 aromatic heterocycles. The van der Waals surface area contributed by atoms with Crippen molar-refractivity contribution in [2.45, 2.75) is 5.51 Å². The van der Waals surface area contributed by atoms with E-state index in [4.69, 9.17) is 0 Å². The van der Waals surface area contributed by atoms with E-state index in [0.717, 1.165) is 54.6 Å². The van der Waals surface area contributed by atoms with Crippen molar-refractivity contribution in [3.05, 3.63) is 115 Å². The molecule has 6 aromatic rings. The maximum Gasteiger partial charge on any atom is 0.534 e. The highest BCUT2D eigenvalue weighted by Crippen LogP contribution is 2.45. The van der Waals surface area contributed by atoms with Crippen molar-refractivity contribution in [2.24, 2.45) is 0 Å². The van der Waals surface area contributed by atoms with Crippen LogP contribution in [0.2, 0.25) is 0 Å². The fourth-order valence-corrected chi connectivity index (χ4v) is 5.48. The van der Waals surface area contributed by atoms with Crippen molar-refractivity contribution < 1.29 is 25.8 Å². The normalized spacial score (nSPS) is 12.3. The minimum Gasteiger partial charge on any atom is -0.376 e. The Kier molecular flexibility index (Phi) is 5.61. The Balaban J connectivity index is 1.60. The van der Waals surface area contributed by atoms with Crippen LogP contribution in [0.25, 0.3) is 54.6 Å². The molecule has 0 spiro atoms. The van der Waals surface area contributed by atoms with Gasteiger partial charge in [-0.2, -0.15) is 21.6 Å². The predicted molar refractivity (Wildman–Crippen MR) is 145 cm³/mol. The molecule has 0 aliphatic heterocycles. The molecule has 0 saturated heterocycles.